The number of carbonyl (C=O) groups excluding carboxylic acids is 4. The molecule has 3 amide bonds. The summed E-state index contributed by atoms with van der Waals surface area (Å²) in [7, 11) is 1.25. The number of ether oxygens (including phenoxy) is 1. The van der Waals surface area contributed by atoms with Gasteiger partial charge in [-0.2, -0.15) is 0 Å². The molecule has 8 heteroatoms. The van der Waals surface area contributed by atoms with E-state index in [2.05, 4.69) is 15.4 Å². The molecule has 24 heavy (non-hydrogen) atoms. The fourth-order valence-electron chi connectivity index (χ4n) is 2.61. The van der Waals surface area contributed by atoms with E-state index in [-0.39, 0.29) is 24.8 Å². The Morgan fingerprint density at radius 2 is 1.79 bits per heavy atom. The van der Waals surface area contributed by atoms with Crippen molar-refractivity contribution >= 4 is 23.7 Å². The molecule has 1 saturated heterocycles. The SMILES string of the molecule is COC(=O)CCC(=O)NC(C)C(=O)NC(C)C(=O)N1CCCC1C. The molecule has 0 aliphatic carbocycles. The molecule has 0 aromatic rings. The normalized spacial score (nSPS) is 19.3. The fourth-order valence-corrected chi connectivity index (χ4v) is 2.61. The zero-order chi connectivity index (χ0) is 18.3. The molecule has 1 aliphatic rings. The van der Waals surface area contributed by atoms with E-state index in [0.717, 1.165) is 12.8 Å². The summed E-state index contributed by atoms with van der Waals surface area (Å²) in [6.45, 7) is 5.86. The van der Waals surface area contributed by atoms with Crippen LogP contribution in [0, 0.1) is 0 Å². The Morgan fingerprint density at radius 1 is 1.12 bits per heavy atom. The van der Waals surface area contributed by atoms with Crippen LogP contribution in [-0.2, 0) is 23.9 Å². The van der Waals surface area contributed by atoms with Gasteiger partial charge in [0.1, 0.15) is 12.1 Å². The summed E-state index contributed by atoms with van der Waals surface area (Å²) in [4.78, 5) is 48.8. The second-order valence-corrected chi connectivity index (χ2v) is 6.12. The maximum atomic E-state index is 12.3. The van der Waals surface area contributed by atoms with Gasteiger partial charge in [-0.05, 0) is 33.6 Å². The van der Waals surface area contributed by atoms with E-state index in [9.17, 15) is 19.2 Å². The number of likely N-dealkylation sites (tertiary alicyclic amines) is 1. The van der Waals surface area contributed by atoms with Crippen LogP contribution in [0.2, 0.25) is 0 Å². The molecule has 0 spiro atoms. The van der Waals surface area contributed by atoms with Gasteiger partial charge in [-0.1, -0.05) is 0 Å². The lowest BCUT2D eigenvalue weighted by atomic mass is 10.2. The first-order chi connectivity index (χ1) is 11.3. The third-order valence-electron chi connectivity index (χ3n) is 4.12. The largest absolute Gasteiger partial charge is 0.469 e. The van der Waals surface area contributed by atoms with Crippen molar-refractivity contribution < 1.29 is 23.9 Å². The van der Waals surface area contributed by atoms with E-state index in [1.54, 1.807) is 11.8 Å². The summed E-state index contributed by atoms with van der Waals surface area (Å²) < 4.78 is 4.45. The molecule has 1 rings (SSSR count). The molecule has 1 heterocycles. The summed E-state index contributed by atoms with van der Waals surface area (Å²) in [6, 6.07) is -1.25. The van der Waals surface area contributed by atoms with E-state index < -0.39 is 29.9 Å². The Morgan fingerprint density at radius 3 is 2.33 bits per heavy atom. The van der Waals surface area contributed by atoms with E-state index in [4.69, 9.17) is 0 Å². The molecule has 8 nitrogen and oxygen atoms in total. The second-order valence-electron chi connectivity index (χ2n) is 6.12. The summed E-state index contributed by atoms with van der Waals surface area (Å²) in [5.74, 6) is -1.46. The first-order valence-corrected chi connectivity index (χ1v) is 8.23. The number of nitrogens with zero attached hydrogens (tertiary/aromatic N) is 1. The third-order valence-corrected chi connectivity index (χ3v) is 4.12. The number of esters is 1. The molecular weight excluding hydrogens is 314 g/mol. The third kappa shape index (κ3) is 5.82. The average Bonchev–Trinajstić information content (AvgIpc) is 2.97. The number of amides is 3. The van der Waals surface area contributed by atoms with Crippen molar-refractivity contribution in [3.63, 3.8) is 0 Å². The van der Waals surface area contributed by atoms with E-state index in [0.29, 0.717) is 6.54 Å². The van der Waals surface area contributed by atoms with Gasteiger partial charge in [0, 0.05) is 19.0 Å². The maximum absolute atomic E-state index is 12.3. The van der Waals surface area contributed by atoms with Crippen LogP contribution < -0.4 is 10.6 Å². The standard InChI is InChI=1S/C16H27N3O5/c1-10-6-5-9-19(10)16(23)12(3)18-15(22)11(2)17-13(20)7-8-14(21)24-4/h10-12H,5-9H2,1-4H3,(H,17,20)(H,18,22). The monoisotopic (exact) mass is 341 g/mol. The van der Waals surface area contributed by atoms with Gasteiger partial charge in [-0.15, -0.1) is 0 Å². The van der Waals surface area contributed by atoms with E-state index in [1.165, 1.54) is 14.0 Å². The van der Waals surface area contributed by atoms with Crippen LogP contribution in [0.3, 0.4) is 0 Å². The molecular formula is C16H27N3O5. The predicted octanol–water partition coefficient (Wildman–Crippen LogP) is -0.0401. The van der Waals surface area contributed by atoms with Crippen LogP contribution in [-0.4, -0.2) is 60.4 Å². The quantitative estimate of drug-likeness (QED) is 0.632. The van der Waals surface area contributed by atoms with Gasteiger partial charge < -0.3 is 20.3 Å². The Bertz CT molecular complexity index is 494. The highest BCUT2D eigenvalue weighted by atomic mass is 16.5. The van der Waals surface area contributed by atoms with Crippen molar-refractivity contribution in [1.82, 2.24) is 15.5 Å². The van der Waals surface area contributed by atoms with Crippen molar-refractivity contribution in [2.45, 2.75) is 64.6 Å². The minimum Gasteiger partial charge on any atom is -0.469 e. The number of hydrogen-bond acceptors (Lipinski definition) is 5. The molecule has 136 valence electrons. The summed E-state index contributed by atoms with van der Waals surface area (Å²) in [5, 5.41) is 5.12. The van der Waals surface area contributed by atoms with Gasteiger partial charge in [-0.25, -0.2) is 0 Å². The Kier molecular flexibility index (Phi) is 7.67. The molecule has 3 unspecified atom stereocenters. The van der Waals surface area contributed by atoms with Crippen molar-refractivity contribution in [3.05, 3.63) is 0 Å². The number of methoxy groups -OCH3 is 1. The van der Waals surface area contributed by atoms with Gasteiger partial charge in [0.2, 0.25) is 17.7 Å². The van der Waals surface area contributed by atoms with Crippen LogP contribution in [0.1, 0.15) is 46.5 Å². The number of nitrogens with one attached hydrogen (secondary N) is 2. The zero-order valence-electron chi connectivity index (χ0n) is 14.8. The van der Waals surface area contributed by atoms with Crippen molar-refractivity contribution in [1.29, 1.82) is 0 Å². The highest BCUT2D eigenvalue weighted by molar-refractivity contribution is 5.92. The predicted molar refractivity (Wildman–Crippen MR) is 86.9 cm³/mol. The highest BCUT2D eigenvalue weighted by Crippen LogP contribution is 2.17. The zero-order valence-corrected chi connectivity index (χ0v) is 14.8. The van der Waals surface area contributed by atoms with Gasteiger partial charge >= 0.3 is 5.97 Å². The summed E-state index contributed by atoms with van der Waals surface area (Å²) in [5.41, 5.74) is 0. The molecule has 0 saturated carbocycles. The number of hydrogen-bond donors (Lipinski definition) is 2. The molecule has 3 atom stereocenters. The van der Waals surface area contributed by atoms with Crippen molar-refractivity contribution in [2.75, 3.05) is 13.7 Å². The Balaban J connectivity index is 2.41. The van der Waals surface area contributed by atoms with Crippen LogP contribution in [0.5, 0.6) is 0 Å². The van der Waals surface area contributed by atoms with Crippen LogP contribution in [0.15, 0.2) is 0 Å². The van der Waals surface area contributed by atoms with E-state index in [1.807, 2.05) is 6.92 Å². The van der Waals surface area contributed by atoms with E-state index >= 15 is 0 Å². The lowest BCUT2D eigenvalue weighted by molar-refractivity contribution is -0.142. The van der Waals surface area contributed by atoms with Crippen molar-refractivity contribution in [2.24, 2.45) is 0 Å². The molecule has 1 aliphatic heterocycles. The average molecular weight is 341 g/mol. The Hall–Kier alpha value is -2.12. The maximum Gasteiger partial charge on any atom is 0.306 e. The molecule has 0 bridgehead atoms. The molecule has 0 aromatic carbocycles. The number of rotatable bonds is 7. The minimum atomic E-state index is -0.790. The summed E-state index contributed by atoms with van der Waals surface area (Å²) in [6.07, 6.45) is 1.85. The van der Waals surface area contributed by atoms with Crippen LogP contribution in [0.25, 0.3) is 0 Å². The first kappa shape index (κ1) is 19.9. The van der Waals surface area contributed by atoms with Crippen molar-refractivity contribution in [3.8, 4) is 0 Å². The topological polar surface area (TPSA) is 105 Å². The van der Waals surface area contributed by atoms with Gasteiger partial charge in [0.25, 0.3) is 0 Å². The lowest BCUT2D eigenvalue weighted by Gasteiger charge is -2.26. The lowest BCUT2D eigenvalue weighted by Crippen LogP contribution is -2.53. The van der Waals surface area contributed by atoms with Gasteiger partial charge in [0.15, 0.2) is 0 Å². The smallest absolute Gasteiger partial charge is 0.306 e. The first-order valence-electron chi connectivity index (χ1n) is 8.23. The highest BCUT2D eigenvalue weighted by Gasteiger charge is 2.30. The van der Waals surface area contributed by atoms with Crippen LogP contribution in [0.4, 0.5) is 0 Å². The molecule has 0 radical (unpaired) electrons. The minimum absolute atomic E-state index is 0.0432. The van der Waals surface area contributed by atoms with Gasteiger partial charge in [0.05, 0.1) is 13.5 Å². The molecule has 2 N–H and O–H groups in total. The second kappa shape index (κ2) is 9.24. The number of carbonyl (C=O) groups is 4. The van der Waals surface area contributed by atoms with Gasteiger partial charge in [-0.3, -0.25) is 19.2 Å². The van der Waals surface area contributed by atoms with Crippen LogP contribution >= 0.6 is 0 Å². The molecule has 1 fully saturated rings. The fraction of sp³-hybridized carbons (Fsp3) is 0.750. The molecule has 0 aromatic heterocycles. The Labute approximate surface area is 142 Å². The summed E-state index contributed by atoms with van der Waals surface area (Å²) >= 11 is 0.